The highest BCUT2D eigenvalue weighted by atomic mass is 35.5. The number of carbonyl (C=O) groups is 1. The van der Waals surface area contributed by atoms with Crippen LogP contribution in [-0.2, 0) is 11.2 Å². The third kappa shape index (κ3) is 3.22. The Morgan fingerprint density at radius 1 is 1.35 bits per heavy atom. The van der Waals surface area contributed by atoms with Gasteiger partial charge in [-0.05, 0) is 35.9 Å². The van der Waals surface area contributed by atoms with E-state index in [1.54, 1.807) is 31.4 Å². The fraction of sp³-hybridized carbons (Fsp3) is 0.125. The average Bonchev–Trinajstić information content (AvgIpc) is 2.88. The van der Waals surface area contributed by atoms with Gasteiger partial charge in [-0.3, -0.25) is 9.89 Å². The molecule has 3 aromatic rings. The lowest BCUT2D eigenvalue weighted by molar-refractivity contribution is -0.115. The van der Waals surface area contributed by atoms with Crippen LogP contribution in [0.2, 0.25) is 5.02 Å². The van der Waals surface area contributed by atoms with Crippen LogP contribution in [0.15, 0.2) is 36.4 Å². The molecule has 0 saturated carbocycles. The number of hydrogen-bond donors (Lipinski definition) is 3. The highest BCUT2D eigenvalue weighted by molar-refractivity contribution is 6.32. The number of nitrogens with two attached hydrogens (primary N) is 1. The molecule has 0 fully saturated rings. The van der Waals surface area contributed by atoms with Crippen molar-refractivity contribution in [2.75, 3.05) is 18.2 Å². The van der Waals surface area contributed by atoms with Gasteiger partial charge >= 0.3 is 0 Å². The molecule has 1 heterocycles. The molecule has 4 N–H and O–H groups in total. The van der Waals surface area contributed by atoms with Crippen LogP contribution in [0.5, 0.6) is 5.75 Å². The maximum absolute atomic E-state index is 12.2. The summed E-state index contributed by atoms with van der Waals surface area (Å²) in [5, 5.41) is 10.8. The predicted molar refractivity (Wildman–Crippen MR) is 90.8 cm³/mol. The standard InChI is InChI=1S/C16H15ClN4O2/c1-23-14-5-2-9(6-12(14)17)7-15(22)19-10-3-4-13-11(8-10)16(18)21-20-13/h2-6,8H,7H2,1H3,(H,19,22)(H3,18,20,21). The van der Waals surface area contributed by atoms with Crippen molar-refractivity contribution in [2.45, 2.75) is 6.42 Å². The maximum Gasteiger partial charge on any atom is 0.228 e. The quantitative estimate of drug-likeness (QED) is 0.685. The Morgan fingerprint density at radius 3 is 2.91 bits per heavy atom. The third-order valence-corrected chi connectivity index (χ3v) is 3.75. The fourth-order valence-corrected chi connectivity index (χ4v) is 2.60. The van der Waals surface area contributed by atoms with E-state index in [1.165, 1.54) is 0 Å². The summed E-state index contributed by atoms with van der Waals surface area (Å²) in [6.07, 6.45) is 0.211. The van der Waals surface area contributed by atoms with Crippen LogP contribution in [0.3, 0.4) is 0 Å². The summed E-state index contributed by atoms with van der Waals surface area (Å²) in [7, 11) is 1.55. The van der Waals surface area contributed by atoms with E-state index in [4.69, 9.17) is 22.1 Å². The van der Waals surface area contributed by atoms with Crippen LogP contribution >= 0.6 is 11.6 Å². The van der Waals surface area contributed by atoms with Gasteiger partial charge in [0.2, 0.25) is 5.91 Å². The SMILES string of the molecule is COc1ccc(CC(=O)Nc2ccc3[nH]nc(N)c3c2)cc1Cl. The van der Waals surface area contributed by atoms with E-state index in [9.17, 15) is 4.79 Å². The van der Waals surface area contributed by atoms with Crippen LogP contribution in [0.25, 0.3) is 10.9 Å². The van der Waals surface area contributed by atoms with Gasteiger partial charge in [0.05, 0.1) is 24.1 Å². The molecule has 2 aromatic carbocycles. The number of rotatable bonds is 4. The molecule has 0 aliphatic heterocycles. The Bertz CT molecular complexity index is 876. The van der Waals surface area contributed by atoms with E-state index in [0.717, 1.165) is 16.5 Å². The van der Waals surface area contributed by atoms with Crippen molar-refractivity contribution < 1.29 is 9.53 Å². The minimum atomic E-state index is -0.146. The Balaban J connectivity index is 1.73. The van der Waals surface area contributed by atoms with Gasteiger partial charge in [0.25, 0.3) is 0 Å². The number of fused-ring (bicyclic) bond motifs is 1. The summed E-state index contributed by atoms with van der Waals surface area (Å²) in [5.74, 6) is 0.836. The molecule has 3 rings (SSSR count). The van der Waals surface area contributed by atoms with E-state index in [-0.39, 0.29) is 12.3 Å². The van der Waals surface area contributed by atoms with Crippen molar-refractivity contribution in [3.05, 3.63) is 47.0 Å². The molecule has 0 aliphatic carbocycles. The molecule has 118 valence electrons. The summed E-state index contributed by atoms with van der Waals surface area (Å²) in [6, 6.07) is 10.7. The molecule has 1 amide bonds. The van der Waals surface area contributed by atoms with Crippen LogP contribution in [0.4, 0.5) is 11.5 Å². The maximum atomic E-state index is 12.2. The number of anilines is 2. The van der Waals surface area contributed by atoms with Crippen LogP contribution < -0.4 is 15.8 Å². The zero-order valence-electron chi connectivity index (χ0n) is 12.4. The van der Waals surface area contributed by atoms with Crippen molar-refractivity contribution in [1.29, 1.82) is 0 Å². The average molecular weight is 331 g/mol. The van der Waals surface area contributed by atoms with E-state index < -0.39 is 0 Å². The van der Waals surface area contributed by atoms with Gasteiger partial charge in [0.1, 0.15) is 5.75 Å². The highest BCUT2D eigenvalue weighted by Crippen LogP contribution is 2.25. The largest absolute Gasteiger partial charge is 0.495 e. The summed E-state index contributed by atoms with van der Waals surface area (Å²) in [4.78, 5) is 12.2. The number of nitrogens with one attached hydrogen (secondary N) is 2. The first-order valence-corrected chi connectivity index (χ1v) is 7.30. The van der Waals surface area contributed by atoms with Crippen LogP contribution in [-0.4, -0.2) is 23.2 Å². The van der Waals surface area contributed by atoms with Gasteiger partial charge in [0.15, 0.2) is 5.82 Å². The summed E-state index contributed by atoms with van der Waals surface area (Å²) in [6.45, 7) is 0. The molecule has 0 radical (unpaired) electrons. The van der Waals surface area contributed by atoms with Gasteiger partial charge in [-0.1, -0.05) is 17.7 Å². The Kier molecular flexibility index (Phi) is 4.08. The predicted octanol–water partition coefficient (Wildman–Crippen LogP) is 2.99. The number of nitrogen functional groups attached to an aromatic ring is 1. The molecule has 7 heteroatoms. The zero-order valence-corrected chi connectivity index (χ0v) is 13.1. The summed E-state index contributed by atoms with van der Waals surface area (Å²) in [5.41, 5.74) is 8.05. The normalized spacial score (nSPS) is 10.7. The van der Waals surface area contributed by atoms with Gasteiger partial charge in [-0.25, -0.2) is 0 Å². The van der Waals surface area contributed by atoms with E-state index in [1.807, 2.05) is 12.1 Å². The number of benzene rings is 2. The fourth-order valence-electron chi connectivity index (χ4n) is 2.32. The molecular weight excluding hydrogens is 316 g/mol. The number of nitrogens with zero attached hydrogens (tertiary/aromatic N) is 1. The lowest BCUT2D eigenvalue weighted by Crippen LogP contribution is -2.14. The number of methoxy groups -OCH3 is 1. The second kappa shape index (κ2) is 6.18. The Morgan fingerprint density at radius 2 is 2.17 bits per heavy atom. The molecule has 6 nitrogen and oxygen atoms in total. The molecular formula is C16H15ClN4O2. The van der Waals surface area contributed by atoms with Gasteiger partial charge in [0, 0.05) is 11.1 Å². The Hall–Kier alpha value is -2.73. The lowest BCUT2D eigenvalue weighted by Gasteiger charge is -2.08. The minimum absolute atomic E-state index is 0.146. The zero-order chi connectivity index (χ0) is 16.4. The third-order valence-electron chi connectivity index (χ3n) is 3.46. The van der Waals surface area contributed by atoms with Gasteiger partial charge in [-0.2, -0.15) is 5.10 Å². The lowest BCUT2D eigenvalue weighted by atomic mass is 10.1. The number of amides is 1. The molecule has 0 aliphatic rings. The highest BCUT2D eigenvalue weighted by Gasteiger charge is 2.09. The van der Waals surface area contributed by atoms with Crippen molar-refractivity contribution in [3.8, 4) is 5.75 Å². The van der Waals surface area contributed by atoms with E-state index >= 15 is 0 Å². The van der Waals surface area contributed by atoms with Crippen molar-refractivity contribution >= 4 is 39.9 Å². The number of H-pyrrole nitrogens is 1. The number of carbonyl (C=O) groups excluding carboxylic acids is 1. The molecule has 0 bridgehead atoms. The first-order chi connectivity index (χ1) is 11.1. The molecule has 1 aromatic heterocycles. The molecule has 0 atom stereocenters. The Labute approximate surface area is 137 Å². The monoisotopic (exact) mass is 330 g/mol. The van der Waals surface area contributed by atoms with Crippen molar-refractivity contribution in [1.82, 2.24) is 10.2 Å². The molecule has 0 saturated heterocycles. The number of hydrogen-bond acceptors (Lipinski definition) is 4. The molecule has 23 heavy (non-hydrogen) atoms. The van der Waals surface area contributed by atoms with Crippen molar-refractivity contribution in [3.63, 3.8) is 0 Å². The molecule has 0 unspecified atom stereocenters. The number of ether oxygens (including phenoxy) is 1. The first kappa shape index (κ1) is 15.2. The smallest absolute Gasteiger partial charge is 0.228 e. The number of aromatic amines is 1. The second-order valence-corrected chi connectivity index (χ2v) is 5.47. The van der Waals surface area contributed by atoms with Gasteiger partial charge in [-0.15, -0.1) is 0 Å². The van der Waals surface area contributed by atoms with Crippen LogP contribution in [0.1, 0.15) is 5.56 Å². The summed E-state index contributed by atoms with van der Waals surface area (Å²) >= 11 is 6.06. The minimum Gasteiger partial charge on any atom is -0.495 e. The van der Waals surface area contributed by atoms with E-state index in [2.05, 4.69) is 15.5 Å². The number of aromatic nitrogens is 2. The van der Waals surface area contributed by atoms with Crippen LogP contribution in [0, 0.1) is 0 Å². The van der Waals surface area contributed by atoms with Crippen molar-refractivity contribution in [2.24, 2.45) is 0 Å². The first-order valence-electron chi connectivity index (χ1n) is 6.92. The molecule has 0 spiro atoms. The summed E-state index contributed by atoms with van der Waals surface area (Å²) < 4.78 is 5.09. The van der Waals surface area contributed by atoms with E-state index in [0.29, 0.717) is 22.3 Å². The van der Waals surface area contributed by atoms with Gasteiger partial charge < -0.3 is 15.8 Å². The second-order valence-electron chi connectivity index (χ2n) is 5.06. The number of halogens is 1. The topological polar surface area (TPSA) is 93.0 Å².